The van der Waals surface area contributed by atoms with Gasteiger partial charge in [0.15, 0.2) is 11.3 Å². The monoisotopic (exact) mass is 455 g/mol. The number of aryl methyl sites for hydroxylation is 1. The number of halogens is 1. The van der Waals surface area contributed by atoms with E-state index >= 15 is 0 Å². The molecule has 0 aliphatic carbocycles. The molecule has 8 heteroatoms. The number of nitrogens with one attached hydrogen (secondary N) is 1. The highest BCUT2D eigenvalue weighted by molar-refractivity contribution is 9.10. The molecule has 2 aliphatic rings. The smallest absolute Gasteiger partial charge is 0.274 e. The molecular formula is C21H22BrN5O2. The Morgan fingerprint density at radius 1 is 1.34 bits per heavy atom. The fraction of sp³-hybridized carbons (Fsp3) is 0.381. The molecule has 150 valence electrons. The first-order valence-electron chi connectivity index (χ1n) is 9.76. The van der Waals surface area contributed by atoms with Crippen molar-refractivity contribution < 1.29 is 9.90 Å². The van der Waals surface area contributed by atoms with E-state index in [1.807, 2.05) is 19.1 Å². The molecular weight excluding hydrogens is 434 g/mol. The molecule has 3 aromatic rings. The first-order valence-corrected chi connectivity index (χ1v) is 10.6. The van der Waals surface area contributed by atoms with Crippen molar-refractivity contribution in [3.05, 3.63) is 63.5 Å². The van der Waals surface area contributed by atoms with Crippen LogP contribution < -0.4 is 5.32 Å². The number of carbonyl (C=O) groups is 1. The van der Waals surface area contributed by atoms with Crippen LogP contribution in [0.25, 0.3) is 5.65 Å². The summed E-state index contributed by atoms with van der Waals surface area (Å²) in [6.07, 6.45) is 4.31. The van der Waals surface area contributed by atoms with Gasteiger partial charge in [0.05, 0.1) is 16.1 Å². The molecule has 2 aliphatic heterocycles. The van der Waals surface area contributed by atoms with Crippen LogP contribution in [-0.2, 0) is 13.0 Å². The molecule has 2 N–H and O–H groups in total. The molecule has 0 radical (unpaired) electrons. The van der Waals surface area contributed by atoms with E-state index in [9.17, 15) is 9.90 Å². The van der Waals surface area contributed by atoms with Crippen molar-refractivity contribution in [1.29, 1.82) is 0 Å². The van der Waals surface area contributed by atoms with Gasteiger partial charge in [-0.3, -0.25) is 4.79 Å². The van der Waals surface area contributed by atoms with Gasteiger partial charge in [-0.15, -0.1) is 0 Å². The lowest BCUT2D eigenvalue weighted by Crippen LogP contribution is -2.65. The van der Waals surface area contributed by atoms with Crippen LogP contribution in [0, 0.1) is 6.92 Å². The number of aliphatic hydroxyl groups is 1. The number of hydrogen-bond donors (Lipinski definition) is 2. The number of β-amino-alcohol motifs (C(OH)–C–C–N with tert-alkyl or cyclic N) is 1. The third kappa shape index (κ3) is 3.06. The SMILES string of the molecule is Cc1c(C(=O)N2CC[C@]3(Cc4ccccc4CN3)[C@H](O)C2)nn2cc(Br)cnc12. The van der Waals surface area contributed by atoms with E-state index in [0.717, 1.165) is 23.0 Å². The maximum Gasteiger partial charge on any atom is 0.274 e. The number of hydrogen-bond acceptors (Lipinski definition) is 5. The number of amides is 1. The fourth-order valence-corrected chi connectivity index (χ4v) is 4.82. The molecule has 2 aromatic heterocycles. The largest absolute Gasteiger partial charge is 0.389 e. The van der Waals surface area contributed by atoms with Gasteiger partial charge in [0, 0.05) is 37.6 Å². The summed E-state index contributed by atoms with van der Waals surface area (Å²) in [4.78, 5) is 19.2. The van der Waals surface area contributed by atoms with Crippen molar-refractivity contribution in [3.63, 3.8) is 0 Å². The summed E-state index contributed by atoms with van der Waals surface area (Å²) in [5, 5.41) is 19.0. The minimum absolute atomic E-state index is 0.158. The van der Waals surface area contributed by atoms with Crippen LogP contribution in [0.4, 0.5) is 0 Å². The Bertz CT molecular complexity index is 1110. The molecule has 1 spiro atoms. The molecule has 2 atom stereocenters. The van der Waals surface area contributed by atoms with Crippen molar-refractivity contribution in [3.8, 4) is 0 Å². The number of carbonyl (C=O) groups excluding carboxylic acids is 1. The van der Waals surface area contributed by atoms with Crippen LogP contribution >= 0.6 is 15.9 Å². The predicted molar refractivity (Wildman–Crippen MR) is 112 cm³/mol. The van der Waals surface area contributed by atoms with Gasteiger partial charge >= 0.3 is 0 Å². The van der Waals surface area contributed by atoms with Crippen molar-refractivity contribution in [1.82, 2.24) is 24.8 Å². The zero-order valence-corrected chi connectivity index (χ0v) is 17.7. The Balaban J connectivity index is 1.37. The Morgan fingerprint density at radius 2 is 2.14 bits per heavy atom. The van der Waals surface area contributed by atoms with E-state index < -0.39 is 6.10 Å². The first kappa shape index (κ1) is 18.7. The second-order valence-electron chi connectivity index (χ2n) is 7.99. The highest BCUT2D eigenvalue weighted by atomic mass is 79.9. The summed E-state index contributed by atoms with van der Waals surface area (Å²) in [5.41, 5.74) is 3.98. The summed E-state index contributed by atoms with van der Waals surface area (Å²) in [5.74, 6) is -0.158. The second-order valence-corrected chi connectivity index (χ2v) is 8.90. The van der Waals surface area contributed by atoms with Crippen molar-refractivity contribution in [2.45, 2.75) is 38.0 Å². The zero-order valence-electron chi connectivity index (χ0n) is 16.1. The molecule has 0 saturated carbocycles. The normalized spacial score (nSPS) is 24.1. The fourth-order valence-electron chi connectivity index (χ4n) is 4.53. The summed E-state index contributed by atoms with van der Waals surface area (Å²) >= 11 is 3.38. The van der Waals surface area contributed by atoms with Gasteiger partial charge < -0.3 is 15.3 Å². The minimum atomic E-state index is -0.641. The van der Waals surface area contributed by atoms with Gasteiger partial charge in [0.25, 0.3) is 5.91 Å². The van der Waals surface area contributed by atoms with Crippen LogP contribution in [0.1, 0.15) is 33.6 Å². The van der Waals surface area contributed by atoms with E-state index in [2.05, 4.69) is 43.5 Å². The van der Waals surface area contributed by atoms with Crippen LogP contribution in [0.3, 0.4) is 0 Å². The zero-order chi connectivity index (χ0) is 20.2. The van der Waals surface area contributed by atoms with Crippen LogP contribution in [-0.4, -0.2) is 55.2 Å². The molecule has 7 nitrogen and oxygen atoms in total. The summed E-state index contributed by atoms with van der Waals surface area (Å²) in [6.45, 7) is 3.47. The third-order valence-electron chi connectivity index (χ3n) is 6.28. The van der Waals surface area contributed by atoms with E-state index in [1.165, 1.54) is 11.1 Å². The van der Waals surface area contributed by atoms with Crippen molar-refractivity contribution in [2.75, 3.05) is 13.1 Å². The molecule has 1 saturated heterocycles. The topological polar surface area (TPSA) is 82.8 Å². The van der Waals surface area contributed by atoms with Gasteiger partial charge in [0.2, 0.25) is 0 Å². The lowest BCUT2D eigenvalue weighted by Gasteiger charge is -2.48. The number of nitrogens with zero attached hydrogens (tertiary/aromatic N) is 4. The van der Waals surface area contributed by atoms with Gasteiger partial charge in [-0.05, 0) is 46.8 Å². The number of likely N-dealkylation sites (tertiary alicyclic amines) is 1. The molecule has 29 heavy (non-hydrogen) atoms. The quantitative estimate of drug-likeness (QED) is 0.586. The minimum Gasteiger partial charge on any atom is -0.389 e. The van der Waals surface area contributed by atoms with Crippen LogP contribution in [0.15, 0.2) is 41.1 Å². The molecule has 1 amide bonds. The number of benzene rings is 1. The lowest BCUT2D eigenvalue weighted by atomic mass is 9.76. The second kappa shape index (κ2) is 6.90. The average molecular weight is 456 g/mol. The number of fused-ring (bicyclic) bond motifs is 2. The maximum atomic E-state index is 13.2. The summed E-state index contributed by atoms with van der Waals surface area (Å²) < 4.78 is 2.42. The van der Waals surface area contributed by atoms with Gasteiger partial charge in [-0.1, -0.05) is 24.3 Å². The van der Waals surface area contributed by atoms with Crippen molar-refractivity contribution in [2.24, 2.45) is 0 Å². The maximum absolute atomic E-state index is 13.2. The number of aliphatic hydroxyl groups excluding tert-OH is 1. The average Bonchev–Trinajstić information content (AvgIpc) is 3.05. The van der Waals surface area contributed by atoms with Crippen LogP contribution in [0.2, 0.25) is 0 Å². The van der Waals surface area contributed by atoms with Gasteiger partial charge in [-0.2, -0.15) is 5.10 Å². The molecule has 0 bridgehead atoms. The summed E-state index contributed by atoms with van der Waals surface area (Å²) in [6, 6.07) is 8.34. The van der Waals surface area contributed by atoms with E-state index in [-0.39, 0.29) is 11.4 Å². The predicted octanol–water partition coefficient (Wildman–Crippen LogP) is 2.09. The van der Waals surface area contributed by atoms with Gasteiger partial charge in [-0.25, -0.2) is 9.50 Å². The Kier molecular flexibility index (Phi) is 4.45. The Hall–Kier alpha value is -2.29. The van der Waals surface area contributed by atoms with Gasteiger partial charge in [0.1, 0.15) is 0 Å². The lowest BCUT2D eigenvalue weighted by molar-refractivity contribution is -0.0140. The summed E-state index contributed by atoms with van der Waals surface area (Å²) in [7, 11) is 0. The highest BCUT2D eigenvalue weighted by Crippen LogP contribution is 2.32. The Labute approximate surface area is 176 Å². The number of aromatic nitrogens is 3. The third-order valence-corrected chi connectivity index (χ3v) is 6.68. The first-order chi connectivity index (χ1) is 14.0. The van der Waals surface area contributed by atoms with Crippen LogP contribution in [0.5, 0.6) is 0 Å². The highest BCUT2D eigenvalue weighted by Gasteiger charge is 2.45. The van der Waals surface area contributed by atoms with Crippen molar-refractivity contribution >= 4 is 27.5 Å². The molecule has 5 rings (SSSR count). The van der Waals surface area contributed by atoms with E-state index in [1.54, 1.807) is 21.8 Å². The number of piperidine rings is 1. The Morgan fingerprint density at radius 3 is 2.93 bits per heavy atom. The molecule has 4 heterocycles. The van der Waals surface area contributed by atoms with E-state index in [4.69, 9.17) is 0 Å². The molecule has 0 unspecified atom stereocenters. The molecule has 1 aromatic carbocycles. The number of rotatable bonds is 1. The van der Waals surface area contributed by atoms with E-state index in [0.29, 0.717) is 30.9 Å². The molecule has 1 fully saturated rings. The standard InChI is InChI=1S/C21H22BrN5O2/c1-13-18(25-27-11-16(22)10-23-19(13)27)20(29)26-7-6-21(17(28)12-26)8-14-4-2-3-5-15(14)9-24-21/h2-5,10-11,17,24,28H,6-9,12H2,1H3/t17-,21+/m1/s1.